The number of amides is 1. The van der Waals surface area contributed by atoms with Crippen LogP contribution in [-0.4, -0.2) is 56.4 Å². The number of halogens is 1. The first-order valence-corrected chi connectivity index (χ1v) is 12.0. The Morgan fingerprint density at radius 2 is 1.90 bits per heavy atom. The van der Waals surface area contributed by atoms with E-state index in [1.807, 2.05) is 45.6 Å². The molecule has 1 atom stereocenters. The van der Waals surface area contributed by atoms with Gasteiger partial charge in [-0.05, 0) is 45.7 Å². The minimum absolute atomic E-state index is 0. The van der Waals surface area contributed by atoms with Crippen molar-refractivity contribution < 1.29 is 13.2 Å². The van der Waals surface area contributed by atoms with E-state index in [0.717, 1.165) is 13.0 Å². The first-order valence-electron chi connectivity index (χ1n) is 10.5. The number of likely N-dealkylation sites (tertiary alicyclic amines) is 1. The summed E-state index contributed by atoms with van der Waals surface area (Å²) >= 11 is 0. The van der Waals surface area contributed by atoms with Gasteiger partial charge in [0.2, 0.25) is 15.9 Å². The molecule has 0 saturated carbocycles. The molecule has 3 N–H and O–H groups in total. The highest BCUT2D eigenvalue weighted by Crippen LogP contribution is 2.19. The van der Waals surface area contributed by atoms with Crippen molar-refractivity contribution in [2.75, 3.05) is 19.6 Å². The summed E-state index contributed by atoms with van der Waals surface area (Å²) in [6, 6.07) is 7.03. The lowest BCUT2D eigenvalue weighted by Gasteiger charge is -2.21. The van der Waals surface area contributed by atoms with Gasteiger partial charge in [-0.25, -0.2) is 18.1 Å². The van der Waals surface area contributed by atoms with Crippen molar-refractivity contribution in [2.45, 2.75) is 70.5 Å². The highest BCUT2D eigenvalue weighted by molar-refractivity contribution is 14.0. The second-order valence-corrected chi connectivity index (χ2v) is 10.1. The molecule has 0 bridgehead atoms. The quantitative estimate of drug-likeness (QED) is 0.268. The molecule has 2 rings (SSSR count). The topological polar surface area (TPSA) is 103 Å². The summed E-state index contributed by atoms with van der Waals surface area (Å²) in [5.74, 6) is 0.774. The molecular weight excluding hydrogens is 529 g/mol. The number of carbonyl (C=O) groups excluding carboxylic acids is 1. The van der Waals surface area contributed by atoms with Crippen LogP contribution in [0.25, 0.3) is 0 Å². The van der Waals surface area contributed by atoms with Gasteiger partial charge in [0.05, 0.1) is 11.4 Å². The average molecular weight is 566 g/mol. The van der Waals surface area contributed by atoms with Gasteiger partial charge in [-0.1, -0.05) is 25.1 Å². The summed E-state index contributed by atoms with van der Waals surface area (Å²) in [5, 5.41) is 6.58. The summed E-state index contributed by atoms with van der Waals surface area (Å²) in [6.45, 7) is 11.6. The number of aliphatic imine (C=N–C) groups is 1. The largest absolute Gasteiger partial charge is 0.357 e. The molecular formula is C21H36IN5O3S. The zero-order chi connectivity index (χ0) is 22.4. The molecule has 1 aromatic carbocycles. The Labute approximate surface area is 203 Å². The summed E-state index contributed by atoms with van der Waals surface area (Å²) in [7, 11) is -3.66. The third-order valence-corrected chi connectivity index (χ3v) is 6.50. The third kappa shape index (κ3) is 8.57. The van der Waals surface area contributed by atoms with Crippen molar-refractivity contribution in [2.24, 2.45) is 4.99 Å². The van der Waals surface area contributed by atoms with Gasteiger partial charge in [0.1, 0.15) is 0 Å². The second-order valence-electron chi connectivity index (χ2n) is 8.48. The lowest BCUT2D eigenvalue weighted by atomic mass is 10.1. The molecule has 1 unspecified atom stereocenters. The molecule has 0 aromatic heterocycles. The van der Waals surface area contributed by atoms with Gasteiger partial charge < -0.3 is 15.5 Å². The minimum atomic E-state index is -3.66. The van der Waals surface area contributed by atoms with Crippen LogP contribution in [0.5, 0.6) is 0 Å². The van der Waals surface area contributed by atoms with Crippen LogP contribution >= 0.6 is 24.0 Å². The first-order chi connectivity index (χ1) is 14.1. The zero-order valence-electron chi connectivity index (χ0n) is 19.1. The predicted octanol–water partition coefficient (Wildman–Crippen LogP) is 2.45. The van der Waals surface area contributed by atoms with Crippen molar-refractivity contribution in [3.8, 4) is 0 Å². The minimum Gasteiger partial charge on any atom is -0.357 e. The van der Waals surface area contributed by atoms with Gasteiger partial charge in [-0.15, -0.1) is 24.0 Å². The van der Waals surface area contributed by atoms with Crippen LogP contribution in [0.3, 0.4) is 0 Å². The molecule has 0 aliphatic carbocycles. The van der Waals surface area contributed by atoms with E-state index in [4.69, 9.17) is 0 Å². The summed E-state index contributed by atoms with van der Waals surface area (Å²) in [5.41, 5.74) is 0.0522. The van der Waals surface area contributed by atoms with Crippen LogP contribution in [0.15, 0.2) is 34.2 Å². The zero-order valence-corrected chi connectivity index (χ0v) is 22.2. The molecule has 0 radical (unpaired) electrons. The number of carbonyl (C=O) groups is 1. The standard InChI is InChI=1S/C21H35N5O3S.HI/c1-6-19(27)26-13-12-17(15-26)24-20(22-7-2)23-14-16-10-8-9-11-18(16)30(28,29)25-21(3,4)5;/h8-11,17,25H,6-7,12-15H2,1-5H3,(H2,22,23,24);1H. The van der Waals surface area contributed by atoms with Crippen molar-refractivity contribution in [3.05, 3.63) is 29.8 Å². The number of sulfonamides is 1. The molecule has 176 valence electrons. The Balaban J connectivity index is 0.00000480. The Kier molecular flexibility index (Phi) is 10.7. The van der Waals surface area contributed by atoms with E-state index in [1.165, 1.54) is 0 Å². The Hall–Kier alpha value is -1.40. The van der Waals surface area contributed by atoms with E-state index in [9.17, 15) is 13.2 Å². The van der Waals surface area contributed by atoms with E-state index >= 15 is 0 Å². The summed E-state index contributed by atoms with van der Waals surface area (Å²) in [4.78, 5) is 18.6. The van der Waals surface area contributed by atoms with E-state index in [0.29, 0.717) is 31.0 Å². The average Bonchev–Trinajstić information content (AvgIpc) is 3.12. The number of hydrogen-bond acceptors (Lipinski definition) is 4. The summed E-state index contributed by atoms with van der Waals surface area (Å²) < 4.78 is 28.3. The van der Waals surface area contributed by atoms with Crippen molar-refractivity contribution in [3.63, 3.8) is 0 Å². The molecule has 1 aliphatic heterocycles. The number of nitrogens with zero attached hydrogens (tertiary/aromatic N) is 2. The number of nitrogens with one attached hydrogen (secondary N) is 3. The van der Waals surface area contributed by atoms with Gasteiger partial charge in [0, 0.05) is 37.6 Å². The van der Waals surface area contributed by atoms with Crippen LogP contribution in [0, 0.1) is 0 Å². The third-order valence-electron chi connectivity index (χ3n) is 4.64. The van der Waals surface area contributed by atoms with Crippen molar-refractivity contribution >= 4 is 45.9 Å². The lowest BCUT2D eigenvalue weighted by Crippen LogP contribution is -2.45. The molecule has 8 nitrogen and oxygen atoms in total. The van der Waals surface area contributed by atoms with Crippen LogP contribution in [0.2, 0.25) is 0 Å². The van der Waals surface area contributed by atoms with Crippen LogP contribution < -0.4 is 15.4 Å². The van der Waals surface area contributed by atoms with Gasteiger partial charge in [0.25, 0.3) is 0 Å². The van der Waals surface area contributed by atoms with Crippen molar-refractivity contribution in [1.29, 1.82) is 0 Å². The molecule has 31 heavy (non-hydrogen) atoms. The van der Waals surface area contributed by atoms with E-state index < -0.39 is 15.6 Å². The van der Waals surface area contributed by atoms with E-state index in [2.05, 4.69) is 20.3 Å². The first kappa shape index (κ1) is 27.6. The molecule has 1 saturated heterocycles. The highest BCUT2D eigenvalue weighted by atomic mass is 127. The van der Waals surface area contributed by atoms with E-state index in [1.54, 1.807) is 18.2 Å². The molecule has 1 fully saturated rings. The smallest absolute Gasteiger partial charge is 0.241 e. The van der Waals surface area contributed by atoms with Crippen LogP contribution in [-0.2, 0) is 21.4 Å². The Bertz CT molecular complexity index is 868. The Morgan fingerprint density at radius 1 is 1.23 bits per heavy atom. The molecule has 1 aromatic rings. The molecule has 10 heteroatoms. The molecule has 1 amide bonds. The lowest BCUT2D eigenvalue weighted by molar-refractivity contribution is -0.129. The van der Waals surface area contributed by atoms with Gasteiger partial charge >= 0.3 is 0 Å². The van der Waals surface area contributed by atoms with Crippen LogP contribution in [0.4, 0.5) is 0 Å². The fraction of sp³-hybridized carbons (Fsp3) is 0.619. The number of rotatable bonds is 7. The van der Waals surface area contributed by atoms with E-state index in [-0.39, 0.29) is 47.4 Å². The number of guanidine groups is 1. The number of benzene rings is 1. The van der Waals surface area contributed by atoms with Crippen LogP contribution in [0.1, 0.15) is 53.0 Å². The normalized spacial score (nSPS) is 17.3. The van der Waals surface area contributed by atoms with Gasteiger partial charge in [-0.2, -0.15) is 0 Å². The maximum atomic E-state index is 12.8. The summed E-state index contributed by atoms with van der Waals surface area (Å²) in [6.07, 6.45) is 1.37. The predicted molar refractivity (Wildman–Crippen MR) is 135 cm³/mol. The SMILES string of the molecule is CCNC(=NCc1ccccc1S(=O)(=O)NC(C)(C)C)NC1CCN(C(=O)CC)C1.I. The fourth-order valence-electron chi connectivity index (χ4n) is 3.36. The maximum absolute atomic E-state index is 12.8. The molecule has 0 spiro atoms. The van der Waals surface area contributed by atoms with Gasteiger partial charge in [-0.3, -0.25) is 4.79 Å². The van der Waals surface area contributed by atoms with Gasteiger partial charge in [0.15, 0.2) is 5.96 Å². The molecule has 1 heterocycles. The fourth-order valence-corrected chi connectivity index (χ4v) is 5.01. The Morgan fingerprint density at radius 3 is 2.52 bits per heavy atom. The second kappa shape index (κ2) is 12.0. The highest BCUT2D eigenvalue weighted by Gasteiger charge is 2.26. The maximum Gasteiger partial charge on any atom is 0.241 e. The molecule has 1 aliphatic rings. The monoisotopic (exact) mass is 565 g/mol. The number of hydrogen-bond donors (Lipinski definition) is 3. The van der Waals surface area contributed by atoms with Crippen molar-refractivity contribution in [1.82, 2.24) is 20.3 Å².